The fourth-order valence-electron chi connectivity index (χ4n) is 1.92. The predicted molar refractivity (Wildman–Crippen MR) is 79.4 cm³/mol. The van der Waals surface area contributed by atoms with Crippen molar-refractivity contribution in [3.63, 3.8) is 0 Å². The third-order valence-electron chi connectivity index (χ3n) is 3.05. The first-order valence-corrected chi connectivity index (χ1v) is 6.84. The van der Waals surface area contributed by atoms with Gasteiger partial charge in [-0.1, -0.05) is 26.0 Å². The van der Waals surface area contributed by atoms with Gasteiger partial charge in [0, 0.05) is 6.54 Å². The quantitative estimate of drug-likeness (QED) is 0.719. The van der Waals surface area contributed by atoms with Crippen LogP contribution in [0.1, 0.15) is 31.9 Å². The topological polar surface area (TPSA) is 87.7 Å². The second-order valence-electron chi connectivity index (χ2n) is 5.04. The highest BCUT2D eigenvalue weighted by atomic mass is 16.5. The van der Waals surface area contributed by atoms with E-state index in [1.54, 1.807) is 7.11 Å². The van der Waals surface area contributed by atoms with Crippen molar-refractivity contribution in [3.8, 4) is 5.75 Å². The molecule has 1 rings (SSSR count). The van der Waals surface area contributed by atoms with Crippen LogP contribution in [0.25, 0.3) is 0 Å². The summed E-state index contributed by atoms with van der Waals surface area (Å²) in [5, 5.41) is 13.9. The molecule has 116 valence electrons. The summed E-state index contributed by atoms with van der Waals surface area (Å²) in [5.74, 6) is 0.0154. The van der Waals surface area contributed by atoms with Gasteiger partial charge in [-0.25, -0.2) is 4.79 Å². The van der Waals surface area contributed by atoms with Crippen LogP contribution in [0.4, 0.5) is 4.79 Å². The van der Waals surface area contributed by atoms with Gasteiger partial charge >= 0.3 is 12.0 Å². The van der Waals surface area contributed by atoms with Crippen molar-refractivity contribution in [3.05, 3.63) is 29.8 Å². The Balaban J connectivity index is 2.64. The summed E-state index contributed by atoms with van der Waals surface area (Å²) in [6, 6.07) is 6.97. The highest BCUT2D eigenvalue weighted by Gasteiger charge is 2.18. The first kappa shape index (κ1) is 16.8. The number of rotatable bonds is 7. The summed E-state index contributed by atoms with van der Waals surface area (Å²) in [6.07, 6.45) is -0.0949. The first-order chi connectivity index (χ1) is 9.93. The second kappa shape index (κ2) is 8.14. The van der Waals surface area contributed by atoms with Gasteiger partial charge in [0.15, 0.2) is 0 Å². The average molecular weight is 294 g/mol. The molecule has 0 bridgehead atoms. The number of hydrogen-bond donors (Lipinski definition) is 3. The van der Waals surface area contributed by atoms with E-state index in [1.807, 2.05) is 38.1 Å². The lowest BCUT2D eigenvalue weighted by atomic mass is 9.96. The molecular weight excluding hydrogens is 272 g/mol. The molecule has 0 aromatic heterocycles. The third kappa shape index (κ3) is 5.72. The lowest BCUT2D eigenvalue weighted by Crippen LogP contribution is -2.40. The zero-order valence-corrected chi connectivity index (χ0v) is 12.6. The Morgan fingerprint density at radius 2 is 1.86 bits per heavy atom. The molecule has 0 fully saturated rings. The molecule has 0 aliphatic rings. The van der Waals surface area contributed by atoms with Gasteiger partial charge in [-0.05, 0) is 23.6 Å². The van der Waals surface area contributed by atoms with Crippen LogP contribution in [0, 0.1) is 5.92 Å². The maximum absolute atomic E-state index is 11.8. The highest BCUT2D eigenvalue weighted by molar-refractivity contribution is 5.75. The zero-order valence-electron chi connectivity index (χ0n) is 12.6. The molecule has 0 spiro atoms. The monoisotopic (exact) mass is 294 g/mol. The number of nitrogens with one attached hydrogen (secondary N) is 2. The van der Waals surface area contributed by atoms with Crippen molar-refractivity contribution < 1.29 is 19.4 Å². The van der Waals surface area contributed by atoms with Crippen molar-refractivity contribution in [1.82, 2.24) is 10.6 Å². The van der Waals surface area contributed by atoms with Crippen LogP contribution >= 0.6 is 0 Å². The van der Waals surface area contributed by atoms with Crippen LogP contribution in [-0.4, -0.2) is 30.8 Å². The molecule has 1 aromatic rings. The van der Waals surface area contributed by atoms with E-state index < -0.39 is 5.97 Å². The average Bonchev–Trinajstić information content (AvgIpc) is 2.44. The molecule has 0 saturated heterocycles. The summed E-state index contributed by atoms with van der Waals surface area (Å²) in [6.45, 7) is 4.12. The molecule has 0 radical (unpaired) electrons. The lowest BCUT2D eigenvalue weighted by Gasteiger charge is -2.23. The molecule has 1 aromatic carbocycles. The van der Waals surface area contributed by atoms with Crippen molar-refractivity contribution in [2.75, 3.05) is 13.7 Å². The number of hydrogen-bond acceptors (Lipinski definition) is 3. The van der Waals surface area contributed by atoms with Crippen LogP contribution in [0.15, 0.2) is 24.3 Å². The molecule has 0 aliphatic carbocycles. The minimum absolute atomic E-state index is 0.0949. The molecule has 3 N–H and O–H groups in total. The van der Waals surface area contributed by atoms with Gasteiger partial charge in [0.05, 0.1) is 19.6 Å². The van der Waals surface area contributed by atoms with Gasteiger partial charge < -0.3 is 20.5 Å². The number of carboxylic acid groups (broad SMARTS) is 1. The Morgan fingerprint density at radius 1 is 1.24 bits per heavy atom. The molecule has 21 heavy (non-hydrogen) atoms. The van der Waals surface area contributed by atoms with Crippen molar-refractivity contribution in [1.29, 1.82) is 0 Å². The number of methoxy groups -OCH3 is 1. The van der Waals surface area contributed by atoms with E-state index in [9.17, 15) is 9.59 Å². The summed E-state index contributed by atoms with van der Waals surface area (Å²) < 4.78 is 5.11. The molecule has 0 saturated carbocycles. The highest BCUT2D eigenvalue weighted by Crippen LogP contribution is 2.23. The van der Waals surface area contributed by atoms with Crippen LogP contribution in [-0.2, 0) is 4.79 Å². The largest absolute Gasteiger partial charge is 0.497 e. The number of carbonyl (C=O) groups excluding carboxylic acids is 1. The molecular formula is C15H22N2O4. The zero-order chi connectivity index (χ0) is 15.8. The summed E-state index contributed by atoms with van der Waals surface area (Å²) in [4.78, 5) is 22.2. The van der Waals surface area contributed by atoms with Gasteiger partial charge in [0.1, 0.15) is 5.75 Å². The van der Waals surface area contributed by atoms with Crippen molar-refractivity contribution in [2.24, 2.45) is 5.92 Å². The fraction of sp³-hybridized carbons (Fsp3) is 0.467. The summed E-state index contributed by atoms with van der Waals surface area (Å²) >= 11 is 0. The standard InChI is InChI=1S/C15H22N2O4/c1-10(2)14(11-4-6-12(21-3)7-5-11)17-15(20)16-9-8-13(18)19/h4-7,10,14H,8-9H2,1-3H3,(H,18,19)(H2,16,17,20). The van der Waals surface area contributed by atoms with E-state index in [0.29, 0.717) is 0 Å². The smallest absolute Gasteiger partial charge is 0.315 e. The molecule has 0 heterocycles. The Bertz CT molecular complexity index is 471. The van der Waals surface area contributed by atoms with Crippen LogP contribution in [0.2, 0.25) is 0 Å². The maximum atomic E-state index is 11.8. The summed E-state index contributed by atoms with van der Waals surface area (Å²) in [7, 11) is 1.60. The Morgan fingerprint density at radius 3 is 2.33 bits per heavy atom. The summed E-state index contributed by atoms with van der Waals surface area (Å²) in [5.41, 5.74) is 0.971. The van der Waals surface area contributed by atoms with E-state index in [4.69, 9.17) is 9.84 Å². The minimum Gasteiger partial charge on any atom is -0.497 e. The predicted octanol–water partition coefficient (Wildman–Crippen LogP) is 2.17. The van der Waals surface area contributed by atoms with Crippen LogP contribution in [0.3, 0.4) is 0 Å². The fourth-order valence-corrected chi connectivity index (χ4v) is 1.92. The van der Waals surface area contributed by atoms with E-state index in [0.717, 1.165) is 11.3 Å². The SMILES string of the molecule is COc1ccc(C(NC(=O)NCCC(=O)O)C(C)C)cc1. The molecule has 1 unspecified atom stereocenters. The van der Waals surface area contributed by atoms with Crippen LogP contribution in [0.5, 0.6) is 5.75 Å². The Labute approximate surface area is 124 Å². The Kier molecular flexibility index (Phi) is 6.52. The van der Waals surface area contributed by atoms with Crippen molar-refractivity contribution in [2.45, 2.75) is 26.3 Å². The molecule has 6 heteroatoms. The molecule has 0 aliphatic heterocycles. The van der Waals surface area contributed by atoms with E-state index >= 15 is 0 Å². The minimum atomic E-state index is -0.939. The van der Waals surface area contributed by atoms with Gasteiger partial charge in [-0.2, -0.15) is 0 Å². The first-order valence-electron chi connectivity index (χ1n) is 6.84. The molecule has 1 atom stereocenters. The van der Waals surface area contributed by atoms with Crippen molar-refractivity contribution >= 4 is 12.0 Å². The van der Waals surface area contributed by atoms with E-state index in [-0.39, 0.29) is 31.0 Å². The van der Waals surface area contributed by atoms with E-state index in [2.05, 4.69) is 10.6 Å². The molecule has 2 amide bonds. The van der Waals surface area contributed by atoms with E-state index in [1.165, 1.54) is 0 Å². The third-order valence-corrected chi connectivity index (χ3v) is 3.05. The number of carboxylic acids is 1. The number of amides is 2. The number of aliphatic carboxylic acids is 1. The number of ether oxygens (including phenoxy) is 1. The second-order valence-corrected chi connectivity index (χ2v) is 5.04. The van der Waals surface area contributed by atoms with Gasteiger partial charge in [0.2, 0.25) is 0 Å². The van der Waals surface area contributed by atoms with Gasteiger partial charge in [-0.3, -0.25) is 4.79 Å². The maximum Gasteiger partial charge on any atom is 0.315 e. The van der Waals surface area contributed by atoms with Crippen LogP contribution < -0.4 is 15.4 Å². The van der Waals surface area contributed by atoms with Gasteiger partial charge in [-0.15, -0.1) is 0 Å². The Hall–Kier alpha value is -2.24. The van der Waals surface area contributed by atoms with Gasteiger partial charge in [0.25, 0.3) is 0 Å². The number of carbonyl (C=O) groups is 2. The molecule has 6 nitrogen and oxygen atoms in total. The number of benzene rings is 1. The lowest BCUT2D eigenvalue weighted by molar-refractivity contribution is -0.136. The normalized spacial score (nSPS) is 11.8. The number of urea groups is 1.